The predicted octanol–water partition coefficient (Wildman–Crippen LogP) is 0.860. The van der Waals surface area contributed by atoms with Gasteiger partial charge in [0.2, 0.25) is 0 Å². The highest BCUT2D eigenvalue weighted by molar-refractivity contribution is 5.49. The largest absolute Gasteiger partial charge is 0.303 e. The highest BCUT2D eigenvalue weighted by atomic mass is 16.1. The van der Waals surface area contributed by atoms with E-state index >= 15 is 0 Å². The monoisotopic (exact) mass is 152 g/mol. The fourth-order valence-electron chi connectivity index (χ4n) is 0.964. The molecule has 0 aromatic carbocycles. The number of hydrogen-bond acceptors (Lipinski definition) is 2. The number of aromatic nitrogens is 2. The number of carbonyl (C=O) groups is 1. The third kappa shape index (κ3) is 1.90. The van der Waals surface area contributed by atoms with E-state index in [-0.39, 0.29) is 0 Å². The molecular formula is C8H12N2O. The summed E-state index contributed by atoms with van der Waals surface area (Å²) in [5, 5.41) is 4.21. The van der Waals surface area contributed by atoms with Crippen molar-refractivity contribution in [2.24, 2.45) is 7.05 Å². The van der Waals surface area contributed by atoms with E-state index < -0.39 is 0 Å². The molecule has 0 atom stereocenters. The van der Waals surface area contributed by atoms with Crippen LogP contribution in [0.2, 0.25) is 0 Å². The van der Waals surface area contributed by atoms with E-state index in [0.29, 0.717) is 6.42 Å². The first-order valence-corrected chi connectivity index (χ1v) is 3.67. The van der Waals surface area contributed by atoms with Gasteiger partial charge in [-0.1, -0.05) is 0 Å². The van der Waals surface area contributed by atoms with Gasteiger partial charge in [-0.3, -0.25) is 4.68 Å². The first kappa shape index (κ1) is 7.98. The molecule has 3 heteroatoms. The van der Waals surface area contributed by atoms with Gasteiger partial charge >= 0.3 is 0 Å². The highest BCUT2D eigenvalue weighted by Crippen LogP contribution is 2.02. The van der Waals surface area contributed by atoms with Gasteiger partial charge in [-0.05, 0) is 19.4 Å². The average Bonchev–Trinajstić information content (AvgIpc) is 2.28. The van der Waals surface area contributed by atoms with Crippen LogP contribution in [0.5, 0.6) is 0 Å². The molecule has 0 amide bonds. The Morgan fingerprint density at radius 2 is 2.45 bits per heavy atom. The number of aldehydes is 1. The topological polar surface area (TPSA) is 34.9 Å². The quantitative estimate of drug-likeness (QED) is 0.602. The smallest absolute Gasteiger partial charge is 0.120 e. The third-order valence-corrected chi connectivity index (χ3v) is 1.68. The molecule has 0 bridgehead atoms. The molecule has 0 aliphatic heterocycles. The summed E-state index contributed by atoms with van der Waals surface area (Å²) < 4.78 is 1.82. The van der Waals surface area contributed by atoms with Crippen LogP contribution in [0.15, 0.2) is 6.07 Å². The van der Waals surface area contributed by atoms with Crippen molar-refractivity contribution in [3.8, 4) is 0 Å². The lowest BCUT2D eigenvalue weighted by Crippen LogP contribution is -1.93. The second-order valence-electron chi connectivity index (χ2n) is 2.61. The average molecular weight is 152 g/mol. The lowest BCUT2D eigenvalue weighted by Gasteiger charge is -1.89. The third-order valence-electron chi connectivity index (χ3n) is 1.68. The summed E-state index contributed by atoms with van der Waals surface area (Å²) in [6.45, 7) is 2.00. The van der Waals surface area contributed by atoms with Crippen LogP contribution in [0.1, 0.15) is 17.8 Å². The molecular weight excluding hydrogens is 140 g/mol. The Hall–Kier alpha value is -1.12. The molecule has 0 spiro atoms. The molecule has 0 unspecified atom stereocenters. The zero-order chi connectivity index (χ0) is 8.27. The van der Waals surface area contributed by atoms with Crippen LogP contribution in [0.3, 0.4) is 0 Å². The molecule has 0 aliphatic carbocycles. The van der Waals surface area contributed by atoms with Crippen LogP contribution in [0.4, 0.5) is 0 Å². The number of hydrogen-bond donors (Lipinski definition) is 0. The van der Waals surface area contributed by atoms with Gasteiger partial charge in [0.1, 0.15) is 6.29 Å². The van der Waals surface area contributed by atoms with E-state index in [0.717, 1.165) is 24.1 Å². The van der Waals surface area contributed by atoms with Crippen LogP contribution in [0.25, 0.3) is 0 Å². The number of carbonyl (C=O) groups excluding carboxylic acids is 1. The summed E-state index contributed by atoms with van der Waals surface area (Å²) in [7, 11) is 1.90. The number of rotatable bonds is 3. The molecule has 0 fully saturated rings. The summed E-state index contributed by atoms with van der Waals surface area (Å²) in [6, 6.07) is 2.00. The van der Waals surface area contributed by atoms with Crippen molar-refractivity contribution < 1.29 is 4.79 Å². The van der Waals surface area contributed by atoms with Gasteiger partial charge in [0.25, 0.3) is 0 Å². The lowest BCUT2D eigenvalue weighted by atomic mass is 10.2. The summed E-state index contributed by atoms with van der Waals surface area (Å²) in [4.78, 5) is 10.0. The van der Waals surface area contributed by atoms with Gasteiger partial charge in [-0.25, -0.2) is 0 Å². The van der Waals surface area contributed by atoms with Crippen LogP contribution in [0, 0.1) is 6.92 Å². The Morgan fingerprint density at radius 3 is 2.91 bits per heavy atom. The van der Waals surface area contributed by atoms with Gasteiger partial charge < -0.3 is 4.79 Å². The summed E-state index contributed by atoms with van der Waals surface area (Å²) in [5.74, 6) is 0. The van der Waals surface area contributed by atoms with Crippen molar-refractivity contribution in [1.82, 2.24) is 9.78 Å². The van der Waals surface area contributed by atoms with E-state index in [1.54, 1.807) is 0 Å². The number of nitrogens with zero attached hydrogens (tertiary/aromatic N) is 2. The SMILES string of the molecule is Cc1cc(CCC=O)nn1C. The zero-order valence-corrected chi connectivity index (χ0v) is 6.87. The fraction of sp³-hybridized carbons (Fsp3) is 0.500. The van der Waals surface area contributed by atoms with Crippen LogP contribution in [-0.4, -0.2) is 16.1 Å². The lowest BCUT2D eigenvalue weighted by molar-refractivity contribution is -0.107. The fourth-order valence-corrected chi connectivity index (χ4v) is 0.964. The molecule has 1 aromatic rings. The number of aryl methyl sites for hydroxylation is 3. The van der Waals surface area contributed by atoms with Crippen LogP contribution < -0.4 is 0 Å². The predicted molar refractivity (Wildman–Crippen MR) is 42.3 cm³/mol. The maximum atomic E-state index is 10.0. The maximum Gasteiger partial charge on any atom is 0.120 e. The second kappa shape index (κ2) is 3.32. The molecule has 0 N–H and O–H groups in total. The molecule has 0 radical (unpaired) electrons. The Bertz CT molecular complexity index is 233. The Kier molecular flexibility index (Phi) is 2.41. The van der Waals surface area contributed by atoms with Gasteiger partial charge in [-0.15, -0.1) is 0 Å². The second-order valence-corrected chi connectivity index (χ2v) is 2.61. The molecule has 0 saturated heterocycles. The summed E-state index contributed by atoms with van der Waals surface area (Å²) in [6.07, 6.45) is 2.24. The van der Waals surface area contributed by atoms with Crippen LogP contribution >= 0.6 is 0 Å². The van der Waals surface area contributed by atoms with Crippen molar-refractivity contribution >= 4 is 6.29 Å². The van der Waals surface area contributed by atoms with E-state index in [1.165, 1.54) is 0 Å². The first-order chi connectivity index (χ1) is 5.24. The van der Waals surface area contributed by atoms with Crippen molar-refractivity contribution in [1.29, 1.82) is 0 Å². The minimum atomic E-state index is 0.566. The van der Waals surface area contributed by atoms with Gasteiger partial charge in [0, 0.05) is 19.2 Å². The zero-order valence-electron chi connectivity index (χ0n) is 6.87. The van der Waals surface area contributed by atoms with Crippen molar-refractivity contribution in [3.63, 3.8) is 0 Å². The molecule has 11 heavy (non-hydrogen) atoms. The highest BCUT2D eigenvalue weighted by Gasteiger charge is 1.99. The van der Waals surface area contributed by atoms with Crippen molar-refractivity contribution in [3.05, 3.63) is 17.5 Å². The molecule has 1 aromatic heterocycles. The van der Waals surface area contributed by atoms with Crippen LogP contribution in [-0.2, 0) is 18.3 Å². The van der Waals surface area contributed by atoms with E-state index in [4.69, 9.17) is 0 Å². The van der Waals surface area contributed by atoms with Gasteiger partial charge in [0.05, 0.1) is 5.69 Å². The standard InChI is InChI=1S/C8H12N2O/c1-7-6-8(4-3-5-11)9-10(7)2/h5-6H,3-4H2,1-2H3. The molecule has 1 rings (SSSR count). The van der Waals surface area contributed by atoms with Gasteiger partial charge in [0.15, 0.2) is 0 Å². The Morgan fingerprint density at radius 1 is 1.73 bits per heavy atom. The van der Waals surface area contributed by atoms with E-state index in [9.17, 15) is 4.79 Å². The summed E-state index contributed by atoms with van der Waals surface area (Å²) in [5.41, 5.74) is 2.13. The molecule has 0 aliphatic rings. The van der Waals surface area contributed by atoms with Gasteiger partial charge in [-0.2, -0.15) is 5.10 Å². The maximum absolute atomic E-state index is 10.0. The minimum Gasteiger partial charge on any atom is -0.303 e. The van der Waals surface area contributed by atoms with Crippen molar-refractivity contribution in [2.45, 2.75) is 19.8 Å². The Balaban J connectivity index is 2.64. The first-order valence-electron chi connectivity index (χ1n) is 3.67. The normalized spacial score (nSPS) is 10.0. The summed E-state index contributed by atoms with van der Waals surface area (Å²) >= 11 is 0. The minimum absolute atomic E-state index is 0.566. The van der Waals surface area contributed by atoms with Crippen molar-refractivity contribution in [2.75, 3.05) is 0 Å². The molecule has 1 heterocycles. The van der Waals surface area contributed by atoms with E-state index in [1.807, 2.05) is 24.7 Å². The Labute approximate surface area is 66.0 Å². The van der Waals surface area contributed by atoms with E-state index in [2.05, 4.69) is 5.10 Å². The molecule has 0 saturated carbocycles. The molecule has 60 valence electrons. The molecule has 3 nitrogen and oxygen atoms in total.